The van der Waals surface area contributed by atoms with Gasteiger partial charge in [0.2, 0.25) is 0 Å². The van der Waals surface area contributed by atoms with E-state index in [1.165, 1.54) is 63.7 Å². The van der Waals surface area contributed by atoms with Gasteiger partial charge in [0.1, 0.15) is 0 Å². The number of rotatable bonds is 12. The van der Waals surface area contributed by atoms with E-state index in [0.29, 0.717) is 0 Å². The number of hydrogen-bond donors (Lipinski definition) is 0. The van der Waals surface area contributed by atoms with Crippen LogP contribution in [0.4, 0.5) is 0 Å². The van der Waals surface area contributed by atoms with Gasteiger partial charge in [0, 0.05) is 18.2 Å². The van der Waals surface area contributed by atoms with Crippen LogP contribution in [0.5, 0.6) is 0 Å². The second-order valence-corrected chi connectivity index (χ2v) is 30.6. The first-order valence-corrected chi connectivity index (χ1v) is 37.8. The summed E-state index contributed by atoms with van der Waals surface area (Å²) in [5.41, 5.74) is 2.94. The number of hydrogen-bond acceptors (Lipinski definition) is 4. The molecule has 5 nitrogen and oxygen atoms in total. The Balaban J connectivity index is -0.000000398. The fourth-order valence-corrected chi connectivity index (χ4v) is 19.5. The second kappa shape index (κ2) is 70.2. The molecular weight excluding hydrogens is 2280 g/mol. The standard InChI is InChI=1S/4C17H14P.4C6H4N.4Ag.4BrH.4Fe.H2O/c4*1-3-9-15(10-4-1)18(17-13-7-8-14-17)16-11-5-2-6-12-16;4*7-5-6-3-1-2-4-6;;;;;;;;;;;;;/h4*1-14H;4*1-4H;;;;;4*1H;;;;;1H2/q8*-1;4*+1;;;;;4*+2;/p-4. The van der Waals surface area contributed by atoms with Crippen LogP contribution < -0.4 is 132 Å². The van der Waals surface area contributed by atoms with Gasteiger partial charge in [-0.25, -0.2) is 76.4 Å². The molecule has 0 aromatic heterocycles. The summed E-state index contributed by atoms with van der Waals surface area (Å²) in [6, 6.07) is 158. The number of nitrogens with zero attached hydrogens (tertiary/aromatic N) is 4. The SMILES string of the molecule is N#C[c-]1cccc1.N#Cc1cc[cH-]c1.N#Cc1cc[cH-]c1.N#Cc1ccc[cH-]1.O.[Ag+].[Ag+].[Ag+].[Ag+].[Br-].[Br-].[Br-].[Br-].[Fe+2].[Fe+2].[Fe+2].[Fe+2].c1ccc(P(c2ccccc2)[c-]2cccc2)cc1.c1ccc(P(c2ccccc2)[c-]2cccc2)cc1.c1ccc(P(c2ccccc2)c2ccc[cH-]2)cc1.c1ccc(P(c2ccccc2)c2ccc[cH-]2)cc1. The Kier molecular flexibility index (Phi) is 72.5. The molecule has 0 unspecified atom stereocenters. The molecule has 2 N–H and O–H groups in total. The monoisotopic (exact) mass is 2340 g/mol. The minimum Gasteiger partial charge on any atom is -1.00 e. The van der Waals surface area contributed by atoms with Crippen LogP contribution in [-0.2, 0) is 158 Å². The van der Waals surface area contributed by atoms with Gasteiger partial charge in [-0.15, -0.1) is 38.4 Å². The van der Waals surface area contributed by atoms with Crippen LogP contribution in [0.15, 0.2) is 437 Å². The van der Waals surface area contributed by atoms with Crippen molar-refractivity contribution >= 4 is 95.3 Å². The van der Waals surface area contributed by atoms with Gasteiger partial charge in [-0.1, -0.05) is 270 Å². The Labute approximate surface area is 820 Å². The topological polar surface area (TPSA) is 127 Å². The van der Waals surface area contributed by atoms with Gasteiger partial charge in [-0.2, -0.15) is 127 Å². The average molecular weight is 2350 g/mol. The first kappa shape index (κ1) is 117. The number of halogens is 4. The predicted molar refractivity (Wildman–Crippen MR) is 434 cm³/mol. The normalized spacial score (nSPS) is 8.78. The van der Waals surface area contributed by atoms with E-state index in [4.69, 9.17) is 21.0 Å². The van der Waals surface area contributed by atoms with E-state index in [-0.39, 0.29) is 231 Å². The molecule has 0 bridgehead atoms. The van der Waals surface area contributed by atoms with E-state index >= 15 is 0 Å². The van der Waals surface area contributed by atoms with Crippen LogP contribution in [0.1, 0.15) is 22.3 Å². The molecule has 0 aliphatic rings. The fourth-order valence-electron chi connectivity index (χ4n) is 10.3. The summed E-state index contributed by atoms with van der Waals surface area (Å²) >= 11 is 0. The van der Waals surface area contributed by atoms with Gasteiger partial charge in [0.15, 0.2) is 0 Å². The minimum atomic E-state index is -0.409. The van der Waals surface area contributed by atoms with Crippen molar-refractivity contribution in [3.05, 3.63) is 459 Å². The molecule has 592 valence electrons. The zero-order valence-corrected chi connectivity index (χ0v) is 80.0. The summed E-state index contributed by atoms with van der Waals surface area (Å²) in [5, 5.41) is 49.6. The van der Waals surface area contributed by atoms with Crippen molar-refractivity contribution in [2.45, 2.75) is 0 Å². The number of nitriles is 4. The van der Waals surface area contributed by atoms with E-state index in [0.717, 1.165) is 22.3 Å². The molecule has 0 saturated heterocycles. The third-order valence-corrected chi connectivity index (χ3v) is 24.7. The predicted octanol–water partition coefficient (Wildman–Crippen LogP) is 4.93. The first-order chi connectivity index (χ1) is 49.5. The molecule has 0 radical (unpaired) electrons. The van der Waals surface area contributed by atoms with Gasteiger partial charge >= 0.3 is 158 Å². The van der Waals surface area contributed by atoms with Crippen molar-refractivity contribution in [2.75, 3.05) is 0 Å². The van der Waals surface area contributed by atoms with Crippen LogP contribution in [0.3, 0.4) is 0 Å². The maximum Gasteiger partial charge on any atom is 2.00 e. The Hall–Kier alpha value is -4.84. The van der Waals surface area contributed by atoms with Gasteiger partial charge in [0.25, 0.3) is 0 Å². The van der Waals surface area contributed by atoms with Crippen molar-refractivity contribution in [3.8, 4) is 24.3 Å². The van der Waals surface area contributed by atoms with Crippen LogP contribution >= 0.6 is 31.7 Å². The van der Waals surface area contributed by atoms with Crippen molar-refractivity contribution in [1.82, 2.24) is 0 Å². The van der Waals surface area contributed by atoms with E-state index in [1.807, 2.05) is 72.8 Å². The Morgan fingerprint density at radius 2 is 0.504 bits per heavy atom. The summed E-state index contributed by atoms with van der Waals surface area (Å²) < 4.78 is 0. The van der Waals surface area contributed by atoms with Crippen LogP contribution in [0, 0.1) is 45.3 Å². The van der Waals surface area contributed by atoms with Gasteiger partial charge in [-0.05, 0) is 64.3 Å². The van der Waals surface area contributed by atoms with E-state index in [9.17, 15) is 0 Å². The molecule has 0 heterocycles. The first-order valence-electron chi connectivity index (χ1n) is 32.5. The van der Waals surface area contributed by atoms with Gasteiger partial charge < -0.3 is 73.4 Å². The van der Waals surface area contributed by atoms with E-state index < -0.39 is 31.7 Å². The molecule has 16 aromatic carbocycles. The zero-order valence-electron chi connectivity index (χ0n) is 59.8. The molecule has 113 heavy (non-hydrogen) atoms. The number of benzene rings is 8. The molecule has 0 aliphatic heterocycles. The largest absolute Gasteiger partial charge is 2.00 e. The maximum absolute atomic E-state index is 8.18. The third kappa shape index (κ3) is 40.5. The van der Waals surface area contributed by atoms with Gasteiger partial charge in [-0.3, -0.25) is 5.26 Å². The Morgan fingerprint density at radius 3 is 0.681 bits per heavy atom. The quantitative estimate of drug-likeness (QED) is 0.0978. The maximum atomic E-state index is 8.18. The summed E-state index contributed by atoms with van der Waals surface area (Å²) in [4.78, 5) is 0. The van der Waals surface area contributed by atoms with Gasteiger partial charge in [0.05, 0.1) is 0 Å². The summed E-state index contributed by atoms with van der Waals surface area (Å²) in [6.07, 6.45) is 0. The fraction of sp³-hybridized carbons (Fsp3) is 0. The molecule has 0 aliphatic carbocycles. The summed E-state index contributed by atoms with van der Waals surface area (Å²) in [7, 11) is -1.64. The molecule has 16 rings (SSSR count). The van der Waals surface area contributed by atoms with Crippen molar-refractivity contribution in [3.63, 3.8) is 0 Å². The van der Waals surface area contributed by atoms with Crippen LogP contribution in [0.2, 0.25) is 0 Å². The molecule has 0 spiro atoms. The Bertz CT molecular complexity index is 4100. The van der Waals surface area contributed by atoms with Crippen molar-refractivity contribution in [2.24, 2.45) is 0 Å². The average Bonchev–Trinajstić information content (AvgIpc) is 1.82. The molecule has 0 atom stereocenters. The van der Waals surface area contributed by atoms with Crippen molar-refractivity contribution in [1.29, 1.82) is 21.0 Å². The molecular formula is C92H74Ag4Br4Fe4N4OP4. The molecule has 16 aromatic rings. The zero-order chi connectivity index (χ0) is 69.3. The van der Waals surface area contributed by atoms with E-state index in [2.05, 4.69) is 340 Å². The third-order valence-electron chi connectivity index (χ3n) is 14.9. The summed E-state index contributed by atoms with van der Waals surface area (Å²) in [5.74, 6) is 0. The van der Waals surface area contributed by atoms with E-state index in [1.54, 1.807) is 48.5 Å². The molecule has 21 heteroatoms. The summed E-state index contributed by atoms with van der Waals surface area (Å²) in [6.45, 7) is 0. The Morgan fingerprint density at radius 1 is 0.257 bits per heavy atom. The van der Waals surface area contributed by atoms with Crippen LogP contribution in [-0.4, -0.2) is 5.48 Å². The second-order valence-electron chi connectivity index (χ2n) is 21.7. The molecule has 0 saturated carbocycles. The van der Waals surface area contributed by atoms with Crippen molar-refractivity contribution < 1.29 is 231 Å². The minimum absolute atomic E-state index is 0. The molecule has 0 amide bonds. The molecule has 0 fully saturated rings. The van der Waals surface area contributed by atoms with Crippen LogP contribution in [0.25, 0.3) is 0 Å². The smallest absolute Gasteiger partial charge is 1.00 e.